The van der Waals surface area contributed by atoms with Gasteiger partial charge < -0.3 is 10.2 Å². The smallest absolute Gasteiger partial charge is 0.0737 e. The monoisotopic (exact) mass is 317 g/mol. The van der Waals surface area contributed by atoms with E-state index in [0.717, 1.165) is 27.5 Å². The van der Waals surface area contributed by atoms with Crippen molar-refractivity contribution in [2.75, 3.05) is 25.0 Å². The molecular formula is C18H24ClN3. The summed E-state index contributed by atoms with van der Waals surface area (Å²) in [6, 6.07) is 8.45. The summed E-state index contributed by atoms with van der Waals surface area (Å²) in [4.78, 5) is 6.95. The predicted molar refractivity (Wildman–Crippen MR) is 94.7 cm³/mol. The van der Waals surface area contributed by atoms with Crippen molar-refractivity contribution in [1.29, 1.82) is 0 Å². The van der Waals surface area contributed by atoms with Gasteiger partial charge in [-0.25, -0.2) is 0 Å². The Morgan fingerprint density at radius 2 is 2.09 bits per heavy atom. The molecule has 3 rings (SSSR count). The lowest BCUT2D eigenvalue weighted by molar-refractivity contribution is 0.183. The molecule has 0 radical (unpaired) electrons. The standard InChI is InChI=1S/C18H24ClN3/c1-3-22-10-7-14(8-11-22)13(2)21-17-6-9-20-18-12-15(19)4-5-16(17)18/h4-6,9,12-14H,3,7-8,10-11H2,1-2H3,(H,20,21)/t13-/m1/s1. The van der Waals surface area contributed by atoms with Crippen molar-refractivity contribution in [3.63, 3.8) is 0 Å². The van der Waals surface area contributed by atoms with E-state index in [0.29, 0.717) is 6.04 Å². The van der Waals surface area contributed by atoms with Gasteiger partial charge in [0.05, 0.1) is 5.52 Å². The number of rotatable bonds is 4. The van der Waals surface area contributed by atoms with E-state index in [1.807, 2.05) is 18.3 Å². The van der Waals surface area contributed by atoms with Crippen LogP contribution in [0.15, 0.2) is 30.5 Å². The van der Waals surface area contributed by atoms with Crippen LogP contribution in [-0.4, -0.2) is 35.6 Å². The van der Waals surface area contributed by atoms with Gasteiger partial charge in [-0.3, -0.25) is 4.98 Å². The van der Waals surface area contributed by atoms with Gasteiger partial charge in [-0.2, -0.15) is 0 Å². The molecule has 2 aromatic rings. The van der Waals surface area contributed by atoms with Crippen LogP contribution in [0.2, 0.25) is 5.02 Å². The maximum Gasteiger partial charge on any atom is 0.0737 e. The van der Waals surface area contributed by atoms with Crippen molar-refractivity contribution >= 4 is 28.2 Å². The minimum Gasteiger partial charge on any atom is -0.382 e. The highest BCUT2D eigenvalue weighted by atomic mass is 35.5. The Balaban J connectivity index is 1.73. The van der Waals surface area contributed by atoms with Gasteiger partial charge in [-0.15, -0.1) is 0 Å². The zero-order valence-corrected chi connectivity index (χ0v) is 14.1. The summed E-state index contributed by atoms with van der Waals surface area (Å²) in [5.41, 5.74) is 2.11. The molecule has 0 amide bonds. The van der Waals surface area contributed by atoms with E-state index in [2.05, 4.69) is 41.2 Å². The summed E-state index contributed by atoms with van der Waals surface area (Å²) >= 11 is 6.06. The molecule has 0 bridgehead atoms. The fourth-order valence-electron chi connectivity index (χ4n) is 3.38. The Morgan fingerprint density at radius 1 is 1.32 bits per heavy atom. The first-order valence-electron chi connectivity index (χ1n) is 8.20. The SMILES string of the molecule is CCN1CCC([C@@H](C)Nc2ccnc3cc(Cl)ccc23)CC1. The maximum atomic E-state index is 6.06. The van der Waals surface area contributed by atoms with Gasteiger partial charge in [0.15, 0.2) is 0 Å². The minimum absolute atomic E-state index is 0.472. The molecule has 1 aromatic heterocycles. The number of hydrogen-bond donors (Lipinski definition) is 1. The number of pyridine rings is 1. The van der Waals surface area contributed by atoms with Crippen LogP contribution in [0, 0.1) is 5.92 Å². The van der Waals surface area contributed by atoms with Crippen LogP contribution >= 0.6 is 11.6 Å². The largest absolute Gasteiger partial charge is 0.382 e. The van der Waals surface area contributed by atoms with Crippen molar-refractivity contribution in [1.82, 2.24) is 9.88 Å². The number of nitrogens with zero attached hydrogens (tertiary/aromatic N) is 2. The van der Waals surface area contributed by atoms with Crippen LogP contribution in [-0.2, 0) is 0 Å². The Labute approximate surface area is 137 Å². The first-order chi connectivity index (χ1) is 10.7. The number of halogens is 1. The molecule has 0 unspecified atom stereocenters. The number of piperidine rings is 1. The van der Waals surface area contributed by atoms with Gasteiger partial charge in [-0.05, 0) is 69.6 Å². The second-order valence-corrected chi connectivity index (χ2v) is 6.66. The Hall–Kier alpha value is -1.32. The van der Waals surface area contributed by atoms with Gasteiger partial charge in [0.25, 0.3) is 0 Å². The first kappa shape index (κ1) is 15.6. The molecule has 3 nitrogen and oxygen atoms in total. The van der Waals surface area contributed by atoms with Gasteiger partial charge in [0.1, 0.15) is 0 Å². The summed E-state index contributed by atoms with van der Waals surface area (Å²) in [6.45, 7) is 8.16. The molecule has 2 heterocycles. The molecular weight excluding hydrogens is 294 g/mol. The van der Waals surface area contributed by atoms with E-state index < -0.39 is 0 Å². The Morgan fingerprint density at radius 3 is 2.82 bits per heavy atom. The molecule has 1 fully saturated rings. The van der Waals surface area contributed by atoms with E-state index in [4.69, 9.17) is 11.6 Å². The van der Waals surface area contributed by atoms with Crippen LogP contribution in [0.1, 0.15) is 26.7 Å². The number of likely N-dealkylation sites (tertiary alicyclic amines) is 1. The average molecular weight is 318 g/mol. The lowest BCUT2D eigenvalue weighted by atomic mass is 9.90. The number of nitrogens with one attached hydrogen (secondary N) is 1. The minimum atomic E-state index is 0.472. The Bertz CT molecular complexity index is 635. The van der Waals surface area contributed by atoms with Gasteiger partial charge in [-0.1, -0.05) is 18.5 Å². The highest BCUT2D eigenvalue weighted by Gasteiger charge is 2.23. The summed E-state index contributed by atoms with van der Waals surface area (Å²) in [5.74, 6) is 0.735. The molecule has 1 saturated heterocycles. The van der Waals surface area contributed by atoms with Crippen LogP contribution in [0.4, 0.5) is 5.69 Å². The molecule has 22 heavy (non-hydrogen) atoms. The predicted octanol–water partition coefficient (Wildman–Crippen LogP) is 4.42. The normalized spacial score (nSPS) is 18.5. The molecule has 1 atom stereocenters. The maximum absolute atomic E-state index is 6.06. The molecule has 1 N–H and O–H groups in total. The van der Waals surface area contributed by atoms with Crippen LogP contribution < -0.4 is 5.32 Å². The fraction of sp³-hybridized carbons (Fsp3) is 0.500. The van der Waals surface area contributed by atoms with Crippen LogP contribution in [0.25, 0.3) is 10.9 Å². The molecule has 0 saturated carbocycles. The van der Waals surface area contributed by atoms with Crippen LogP contribution in [0.3, 0.4) is 0 Å². The second kappa shape index (κ2) is 6.84. The highest BCUT2D eigenvalue weighted by molar-refractivity contribution is 6.31. The molecule has 0 aliphatic carbocycles. The zero-order chi connectivity index (χ0) is 15.5. The molecule has 1 aliphatic rings. The number of benzene rings is 1. The third-order valence-corrected chi connectivity index (χ3v) is 5.11. The highest BCUT2D eigenvalue weighted by Crippen LogP contribution is 2.28. The first-order valence-corrected chi connectivity index (χ1v) is 8.58. The third kappa shape index (κ3) is 3.36. The molecule has 1 aromatic carbocycles. The third-order valence-electron chi connectivity index (χ3n) is 4.87. The van der Waals surface area contributed by atoms with Crippen molar-refractivity contribution in [2.45, 2.75) is 32.7 Å². The van der Waals surface area contributed by atoms with Crippen molar-refractivity contribution in [2.24, 2.45) is 5.92 Å². The van der Waals surface area contributed by atoms with E-state index in [-0.39, 0.29) is 0 Å². The summed E-state index contributed by atoms with van der Waals surface area (Å²) in [7, 11) is 0. The van der Waals surface area contributed by atoms with E-state index >= 15 is 0 Å². The number of anilines is 1. The fourth-order valence-corrected chi connectivity index (χ4v) is 3.55. The lowest BCUT2D eigenvalue weighted by Gasteiger charge is -2.35. The van der Waals surface area contributed by atoms with Crippen molar-refractivity contribution in [3.05, 3.63) is 35.5 Å². The van der Waals surface area contributed by atoms with E-state index in [1.54, 1.807) is 0 Å². The summed E-state index contributed by atoms with van der Waals surface area (Å²) < 4.78 is 0. The molecule has 118 valence electrons. The van der Waals surface area contributed by atoms with Crippen LogP contribution in [0.5, 0.6) is 0 Å². The lowest BCUT2D eigenvalue weighted by Crippen LogP contribution is -2.39. The van der Waals surface area contributed by atoms with Crippen molar-refractivity contribution < 1.29 is 0 Å². The second-order valence-electron chi connectivity index (χ2n) is 6.22. The van der Waals surface area contributed by atoms with E-state index in [1.165, 1.54) is 32.5 Å². The summed E-state index contributed by atoms with van der Waals surface area (Å²) in [5, 5.41) is 5.58. The average Bonchev–Trinajstić information content (AvgIpc) is 2.55. The van der Waals surface area contributed by atoms with Gasteiger partial charge >= 0.3 is 0 Å². The zero-order valence-electron chi connectivity index (χ0n) is 13.3. The topological polar surface area (TPSA) is 28.2 Å². The summed E-state index contributed by atoms with van der Waals surface area (Å²) in [6.07, 6.45) is 4.40. The quantitative estimate of drug-likeness (QED) is 0.904. The molecule has 1 aliphatic heterocycles. The molecule has 0 spiro atoms. The number of aromatic nitrogens is 1. The molecule has 4 heteroatoms. The number of hydrogen-bond acceptors (Lipinski definition) is 3. The van der Waals surface area contributed by atoms with Gasteiger partial charge in [0, 0.05) is 28.3 Å². The van der Waals surface area contributed by atoms with Gasteiger partial charge in [0.2, 0.25) is 0 Å². The number of fused-ring (bicyclic) bond motifs is 1. The van der Waals surface area contributed by atoms with E-state index in [9.17, 15) is 0 Å². The van der Waals surface area contributed by atoms with Crippen molar-refractivity contribution in [3.8, 4) is 0 Å². The Kier molecular flexibility index (Phi) is 4.84.